The van der Waals surface area contributed by atoms with Crippen molar-refractivity contribution in [3.05, 3.63) is 38.3 Å². The number of aromatic nitrogens is 2. The topological polar surface area (TPSA) is 29.9 Å². The molecule has 0 saturated heterocycles. The summed E-state index contributed by atoms with van der Waals surface area (Å²) in [4.78, 5) is 2.69. The molecule has 0 saturated carbocycles. The lowest BCUT2D eigenvalue weighted by Crippen LogP contribution is -2.14. The van der Waals surface area contributed by atoms with Crippen molar-refractivity contribution in [2.45, 2.75) is 33.4 Å². The second-order valence-corrected chi connectivity index (χ2v) is 6.05. The number of nitrogens with zero attached hydrogens (tertiary/aromatic N) is 2. The lowest BCUT2D eigenvalue weighted by molar-refractivity contribution is 0.627. The summed E-state index contributed by atoms with van der Waals surface area (Å²) in [6, 6.07) is 4.31. The highest BCUT2D eigenvalue weighted by molar-refractivity contribution is 7.11. The quantitative estimate of drug-likeness (QED) is 0.912. The van der Waals surface area contributed by atoms with E-state index in [1.807, 2.05) is 23.1 Å². The molecule has 2 aromatic heterocycles. The van der Waals surface area contributed by atoms with Gasteiger partial charge in [-0.3, -0.25) is 4.68 Å². The van der Waals surface area contributed by atoms with E-state index in [1.165, 1.54) is 9.75 Å². The van der Waals surface area contributed by atoms with Crippen LogP contribution in [-0.2, 0) is 26.6 Å². The summed E-state index contributed by atoms with van der Waals surface area (Å²) in [6.07, 6.45) is 0.872. The number of hydrogen-bond acceptors (Lipinski definition) is 3. The Balaban J connectivity index is 1.96. The van der Waals surface area contributed by atoms with E-state index in [4.69, 9.17) is 11.6 Å². The largest absolute Gasteiger partial charge is 0.306 e. The van der Waals surface area contributed by atoms with Gasteiger partial charge in [-0.2, -0.15) is 5.10 Å². The molecule has 0 aliphatic rings. The predicted octanol–water partition coefficient (Wildman–Crippen LogP) is 3.30. The number of thiophene rings is 1. The Bertz CT molecular complexity index is 530. The fourth-order valence-electron chi connectivity index (χ4n) is 1.90. The summed E-state index contributed by atoms with van der Waals surface area (Å²) in [5.41, 5.74) is 2.03. The Kier molecular flexibility index (Phi) is 4.43. The Morgan fingerprint density at radius 2 is 2.17 bits per heavy atom. The highest BCUT2D eigenvalue weighted by atomic mass is 35.5. The van der Waals surface area contributed by atoms with Crippen molar-refractivity contribution in [3.8, 4) is 0 Å². The molecule has 0 aliphatic heterocycles. The summed E-state index contributed by atoms with van der Waals surface area (Å²) in [7, 11) is 1.94. The molecular weight excluding hydrogens is 266 g/mol. The van der Waals surface area contributed by atoms with Gasteiger partial charge in [0.05, 0.1) is 16.4 Å². The molecule has 98 valence electrons. The first kappa shape index (κ1) is 13.6. The van der Waals surface area contributed by atoms with Crippen LogP contribution < -0.4 is 5.32 Å². The normalized spacial score (nSPS) is 11.1. The van der Waals surface area contributed by atoms with E-state index in [0.717, 1.165) is 35.9 Å². The van der Waals surface area contributed by atoms with Gasteiger partial charge in [-0.25, -0.2) is 0 Å². The molecule has 2 heterocycles. The zero-order chi connectivity index (χ0) is 13.1. The van der Waals surface area contributed by atoms with Crippen molar-refractivity contribution >= 4 is 22.9 Å². The highest BCUT2D eigenvalue weighted by Crippen LogP contribution is 2.21. The monoisotopic (exact) mass is 283 g/mol. The number of aryl methyl sites for hydroxylation is 3. The van der Waals surface area contributed by atoms with Crippen LogP contribution in [0.4, 0.5) is 0 Å². The molecule has 0 amide bonds. The van der Waals surface area contributed by atoms with Crippen molar-refractivity contribution in [1.82, 2.24) is 15.1 Å². The maximum absolute atomic E-state index is 6.29. The van der Waals surface area contributed by atoms with Crippen molar-refractivity contribution in [2.75, 3.05) is 0 Å². The van der Waals surface area contributed by atoms with Crippen LogP contribution >= 0.6 is 22.9 Å². The second-order valence-electron chi connectivity index (χ2n) is 4.30. The Morgan fingerprint density at radius 3 is 2.72 bits per heavy atom. The van der Waals surface area contributed by atoms with Gasteiger partial charge in [-0.1, -0.05) is 18.5 Å². The molecule has 3 nitrogen and oxygen atoms in total. The molecule has 2 aromatic rings. The van der Waals surface area contributed by atoms with Crippen LogP contribution in [-0.4, -0.2) is 9.78 Å². The van der Waals surface area contributed by atoms with Crippen LogP contribution in [0.5, 0.6) is 0 Å². The fourth-order valence-corrected chi connectivity index (χ4v) is 3.12. The second kappa shape index (κ2) is 5.87. The van der Waals surface area contributed by atoms with Crippen LogP contribution in [0.1, 0.15) is 28.1 Å². The molecule has 0 aromatic carbocycles. The molecule has 0 unspecified atom stereocenters. The number of hydrogen-bond donors (Lipinski definition) is 1. The minimum atomic E-state index is 0.749. The Morgan fingerprint density at radius 1 is 1.39 bits per heavy atom. The van der Waals surface area contributed by atoms with Crippen molar-refractivity contribution in [3.63, 3.8) is 0 Å². The molecule has 0 aliphatic carbocycles. The van der Waals surface area contributed by atoms with Gasteiger partial charge < -0.3 is 5.32 Å². The van der Waals surface area contributed by atoms with E-state index < -0.39 is 0 Å². The fraction of sp³-hybridized carbons (Fsp3) is 0.462. The van der Waals surface area contributed by atoms with Gasteiger partial charge in [0.25, 0.3) is 0 Å². The zero-order valence-corrected chi connectivity index (χ0v) is 12.5. The minimum Gasteiger partial charge on any atom is -0.306 e. The van der Waals surface area contributed by atoms with Crippen molar-refractivity contribution in [1.29, 1.82) is 0 Å². The summed E-state index contributed by atoms with van der Waals surface area (Å²) >= 11 is 8.12. The maximum Gasteiger partial charge on any atom is 0.0863 e. The first-order chi connectivity index (χ1) is 8.61. The molecule has 18 heavy (non-hydrogen) atoms. The smallest absolute Gasteiger partial charge is 0.0863 e. The van der Waals surface area contributed by atoms with Crippen LogP contribution in [0.15, 0.2) is 12.1 Å². The molecule has 1 N–H and O–H groups in total. The average molecular weight is 284 g/mol. The number of rotatable bonds is 5. The molecule has 2 rings (SSSR count). The van der Waals surface area contributed by atoms with Crippen LogP contribution in [0.3, 0.4) is 0 Å². The molecular formula is C13H18ClN3S. The third-order valence-electron chi connectivity index (χ3n) is 2.89. The van der Waals surface area contributed by atoms with E-state index in [0.29, 0.717) is 0 Å². The van der Waals surface area contributed by atoms with Gasteiger partial charge >= 0.3 is 0 Å². The summed E-state index contributed by atoms with van der Waals surface area (Å²) in [6.45, 7) is 5.82. The first-order valence-electron chi connectivity index (χ1n) is 6.08. The number of nitrogens with one attached hydrogen (secondary N) is 1. The molecule has 0 radical (unpaired) electrons. The first-order valence-corrected chi connectivity index (χ1v) is 7.27. The van der Waals surface area contributed by atoms with E-state index in [1.54, 1.807) is 0 Å². The van der Waals surface area contributed by atoms with Gasteiger partial charge in [-0.15, -0.1) is 11.3 Å². The van der Waals surface area contributed by atoms with Crippen molar-refractivity contribution in [2.24, 2.45) is 7.05 Å². The van der Waals surface area contributed by atoms with E-state index >= 15 is 0 Å². The lowest BCUT2D eigenvalue weighted by atomic mass is 10.3. The van der Waals surface area contributed by atoms with Gasteiger partial charge in [0.2, 0.25) is 0 Å². The Hall–Kier alpha value is -0.840. The van der Waals surface area contributed by atoms with E-state index in [2.05, 4.69) is 36.4 Å². The molecule has 0 atom stereocenters. The summed E-state index contributed by atoms with van der Waals surface area (Å²) < 4.78 is 1.87. The lowest BCUT2D eigenvalue weighted by Gasteiger charge is -2.04. The van der Waals surface area contributed by atoms with Gasteiger partial charge in [0, 0.05) is 29.9 Å². The highest BCUT2D eigenvalue weighted by Gasteiger charge is 2.12. The molecule has 0 bridgehead atoms. The van der Waals surface area contributed by atoms with Gasteiger partial charge in [0.15, 0.2) is 0 Å². The van der Waals surface area contributed by atoms with Crippen LogP contribution in [0.2, 0.25) is 5.02 Å². The van der Waals surface area contributed by atoms with Gasteiger partial charge in [0.1, 0.15) is 0 Å². The van der Waals surface area contributed by atoms with Crippen molar-refractivity contribution < 1.29 is 0 Å². The van der Waals surface area contributed by atoms with E-state index in [9.17, 15) is 0 Å². The third kappa shape index (κ3) is 2.94. The number of halogens is 1. The average Bonchev–Trinajstić information content (AvgIpc) is 2.86. The Labute approximate surface area is 117 Å². The maximum atomic E-state index is 6.29. The molecule has 0 spiro atoms. The summed E-state index contributed by atoms with van der Waals surface area (Å²) in [5, 5.41) is 8.62. The SMILES string of the molecule is CCc1nn(C)c(CNCc2ccc(C)s2)c1Cl. The third-order valence-corrected chi connectivity index (χ3v) is 4.33. The molecule has 0 fully saturated rings. The van der Waals surface area contributed by atoms with Crippen LogP contribution in [0.25, 0.3) is 0 Å². The minimum absolute atomic E-state index is 0.749. The predicted molar refractivity (Wildman–Crippen MR) is 77.2 cm³/mol. The van der Waals surface area contributed by atoms with E-state index in [-0.39, 0.29) is 0 Å². The zero-order valence-electron chi connectivity index (χ0n) is 11.0. The van der Waals surface area contributed by atoms with Gasteiger partial charge in [-0.05, 0) is 25.5 Å². The van der Waals surface area contributed by atoms with Crippen LogP contribution in [0, 0.1) is 6.92 Å². The standard InChI is InChI=1S/C13H18ClN3S/c1-4-11-13(14)12(17(3)16-11)8-15-7-10-6-5-9(2)18-10/h5-6,15H,4,7-8H2,1-3H3. The molecule has 5 heteroatoms. The summed E-state index contributed by atoms with van der Waals surface area (Å²) in [5.74, 6) is 0.